The lowest BCUT2D eigenvalue weighted by atomic mass is 9.93. The molecule has 0 amide bonds. The predicted octanol–water partition coefficient (Wildman–Crippen LogP) is 1.88. The van der Waals surface area contributed by atoms with Crippen LogP contribution in [0.2, 0.25) is 0 Å². The zero-order valence-electron chi connectivity index (χ0n) is 8.64. The number of nitrogens with zero attached hydrogens (tertiary/aromatic N) is 1. The van der Waals surface area contributed by atoms with Crippen molar-refractivity contribution in [3.05, 3.63) is 17.7 Å². The summed E-state index contributed by atoms with van der Waals surface area (Å²) < 4.78 is 25.7. The molecule has 15 heavy (non-hydrogen) atoms. The summed E-state index contributed by atoms with van der Waals surface area (Å²) in [5.74, 6) is -4.14. The van der Waals surface area contributed by atoms with Gasteiger partial charge in [0.05, 0.1) is 6.20 Å². The maximum absolute atomic E-state index is 12.8. The van der Waals surface area contributed by atoms with E-state index in [1.54, 1.807) is 0 Å². The van der Waals surface area contributed by atoms with Crippen molar-refractivity contribution >= 4 is 5.97 Å². The van der Waals surface area contributed by atoms with E-state index in [1.165, 1.54) is 13.8 Å². The second-order valence-corrected chi connectivity index (χ2v) is 3.96. The third kappa shape index (κ3) is 2.14. The molecule has 2 N–H and O–H groups in total. The first-order chi connectivity index (χ1) is 6.65. The Morgan fingerprint density at radius 3 is 2.33 bits per heavy atom. The van der Waals surface area contributed by atoms with Crippen LogP contribution < -0.4 is 0 Å². The fraction of sp³-hybridized carbons (Fsp3) is 0.556. The molecule has 0 aromatic carbocycles. The van der Waals surface area contributed by atoms with Crippen molar-refractivity contribution in [3.8, 4) is 0 Å². The number of aromatic nitrogens is 2. The van der Waals surface area contributed by atoms with Gasteiger partial charge < -0.3 is 10.1 Å². The number of rotatable bonds is 3. The summed E-state index contributed by atoms with van der Waals surface area (Å²) in [6.45, 7) is 3.51. The molecule has 4 nitrogen and oxygen atoms in total. The van der Waals surface area contributed by atoms with E-state index in [4.69, 9.17) is 5.11 Å². The van der Waals surface area contributed by atoms with Gasteiger partial charge in [0.15, 0.2) is 0 Å². The molecular formula is C9H12F2N2O2. The van der Waals surface area contributed by atoms with Gasteiger partial charge in [-0.05, 0) is 13.8 Å². The molecule has 0 saturated heterocycles. The van der Waals surface area contributed by atoms with Gasteiger partial charge in [-0.2, -0.15) is 8.78 Å². The third-order valence-electron chi connectivity index (χ3n) is 2.18. The van der Waals surface area contributed by atoms with E-state index in [0.29, 0.717) is 0 Å². The summed E-state index contributed by atoms with van der Waals surface area (Å²) in [4.78, 5) is 16.8. The van der Waals surface area contributed by atoms with E-state index in [2.05, 4.69) is 9.97 Å². The van der Waals surface area contributed by atoms with E-state index in [1.807, 2.05) is 0 Å². The van der Waals surface area contributed by atoms with Gasteiger partial charge in [0.25, 0.3) is 5.92 Å². The van der Waals surface area contributed by atoms with Crippen LogP contribution in [0.5, 0.6) is 0 Å². The van der Waals surface area contributed by atoms with Crippen LogP contribution in [0.15, 0.2) is 6.20 Å². The number of halogens is 2. The summed E-state index contributed by atoms with van der Waals surface area (Å²) >= 11 is 0. The second-order valence-electron chi connectivity index (χ2n) is 3.96. The van der Waals surface area contributed by atoms with Crippen molar-refractivity contribution in [2.75, 3.05) is 0 Å². The molecule has 0 bridgehead atoms. The van der Waals surface area contributed by atoms with Crippen molar-refractivity contribution < 1.29 is 18.7 Å². The average molecular weight is 218 g/mol. The topological polar surface area (TPSA) is 66.0 Å². The molecule has 1 aromatic heterocycles. The quantitative estimate of drug-likeness (QED) is 0.814. The molecule has 0 atom stereocenters. The number of hydrogen-bond donors (Lipinski definition) is 2. The number of alkyl halides is 2. The Bertz CT molecular complexity index is 380. The molecule has 0 fully saturated rings. The maximum Gasteiger partial charge on any atom is 0.316 e. The summed E-state index contributed by atoms with van der Waals surface area (Å²) in [5.41, 5.74) is -1.68. The molecule has 6 heteroatoms. The lowest BCUT2D eigenvalue weighted by molar-refractivity contribution is -0.142. The van der Waals surface area contributed by atoms with Crippen LogP contribution in [0.3, 0.4) is 0 Å². The zero-order chi connectivity index (χ0) is 11.9. The van der Waals surface area contributed by atoms with Crippen LogP contribution in [-0.4, -0.2) is 21.0 Å². The number of H-pyrrole nitrogens is 1. The van der Waals surface area contributed by atoms with Crippen LogP contribution in [-0.2, 0) is 16.1 Å². The average Bonchev–Trinajstić information content (AvgIpc) is 2.50. The first-order valence-electron chi connectivity index (χ1n) is 4.33. The number of hydrogen-bond acceptors (Lipinski definition) is 2. The molecule has 0 spiro atoms. The van der Waals surface area contributed by atoms with E-state index in [0.717, 1.165) is 13.1 Å². The molecule has 1 heterocycles. The molecular weight excluding hydrogens is 206 g/mol. The molecule has 0 radical (unpaired) electrons. The van der Waals surface area contributed by atoms with Crippen LogP contribution in [0.25, 0.3) is 0 Å². The summed E-state index contributed by atoms with van der Waals surface area (Å²) in [7, 11) is 0. The van der Waals surface area contributed by atoms with E-state index < -0.39 is 17.3 Å². The highest BCUT2D eigenvalue weighted by Crippen LogP contribution is 2.28. The van der Waals surface area contributed by atoms with Gasteiger partial charge in [-0.25, -0.2) is 4.98 Å². The Morgan fingerprint density at radius 1 is 1.47 bits per heavy atom. The van der Waals surface area contributed by atoms with Crippen LogP contribution >= 0.6 is 0 Å². The third-order valence-corrected chi connectivity index (χ3v) is 2.18. The van der Waals surface area contributed by atoms with Gasteiger partial charge in [-0.15, -0.1) is 0 Å². The van der Waals surface area contributed by atoms with Crippen LogP contribution in [0.4, 0.5) is 8.78 Å². The number of aliphatic carboxylic acids is 1. The van der Waals surface area contributed by atoms with E-state index in [9.17, 15) is 13.6 Å². The Morgan fingerprint density at radius 2 is 2.00 bits per heavy atom. The predicted molar refractivity (Wildman–Crippen MR) is 48.8 cm³/mol. The summed E-state index contributed by atoms with van der Waals surface area (Å²) in [5, 5.41) is 8.86. The van der Waals surface area contributed by atoms with Crippen molar-refractivity contribution in [3.63, 3.8) is 0 Å². The van der Waals surface area contributed by atoms with Gasteiger partial charge in [-0.3, -0.25) is 4.79 Å². The Balaban J connectivity index is 3.10. The SMILES string of the molecule is CC(F)(F)c1cnc(C(C)(C)C(=O)O)[nH]1. The fourth-order valence-electron chi connectivity index (χ4n) is 0.963. The molecule has 0 aliphatic heterocycles. The highest BCUT2D eigenvalue weighted by molar-refractivity contribution is 5.78. The molecule has 0 aliphatic rings. The van der Waals surface area contributed by atoms with E-state index >= 15 is 0 Å². The monoisotopic (exact) mass is 218 g/mol. The highest BCUT2D eigenvalue weighted by atomic mass is 19.3. The zero-order valence-corrected chi connectivity index (χ0v) is 8.64. The number of nitrogens with one attached hydrogen (secondary N) is 1. The number of imidazole rings is 1. The largest absolute Gasteiger partial charge is 0.481 e. The van der Waals surface area contributed by atoms with E-state index in [-0.39, 0.29) is 11.5 Å². The maximum atomic E-state index is 12.8. The molecule has 0 saturated carbocycles. The van der Waals surface area contributed by atoms with Gasteiger partial charge in [0.2, 0.25) is 0 Å². The minimum Gasteiger partial charge on any atom is -0.481 e. The second kappa shape index (κ2) is 3.29. The lowest BCUT2D eigenvalue weighted by Gasteiger charge is -2.16. The number of carboxylic acid groups (broad SMARTS) is 1. The van der Waals surface area contributed by atoms with Gasteiger partial charge >= 0.3 is 5.97 Å². The van der Waals surface area contributed by atoms with Gasteiger partial charge in [0.1, 0.15) is 16.9 Å². The van der Waals surface area contributed by atoms with Gasteiger partial charge in [0, 0.05) is 6.92 Å². The Hall–Kier alpha value is -1.46. The standard InChI is InChI=1S/C9H12F2N2O2/c1-8(2,7(14)15)6-12-4-5(13-6)9(3,10)11/h4H,1-3H3,(H,12,13)(H,14,15). The lowest BCUT2D eigenvalue weighted by Crippen LogP contribution is -2.30. The van der Waals surface area contributed by atoms with Crippen LogP contribution in [0, 0.1) is 0 Å². The molecule has 0 aliphatic carbocycles. The summed E-state index contributed by atoms with van der Waals surface area (Å²) in [6, 6.07) is 0. The molecule has 84 valence electrons. The first kappa shape index (κ1) is 11.6. The smallest absolute Gasteiger partial charge is 0.316 e. The Labute approximate surface area is 85.3 Å². The van der Waals surface area contributed by atoms with Gasteiger partial charge in [-0.1, -0.05) is 0 Å². The molecule has 1 rings (SSSR count). The van der Waals surface area contributed by atoms with Crippen molar-refractivity contribution in [2.24, 2.45) is 0 Å². The first-order valence-corrected chi connectivity index (χ1v) is 4.33. The van der Waals surface area contributed by atoms with Crippen molar-refractivity contribution in [1.29, 1.82) is 0 Å². The number of aromatic amines is 1. The Kier molecular flexibility index (Phi) is 2.54. The number of carboxylic acids is 1. The fourth-order valence-corrected chi connectivity index (χ4v) is 0.963. The minimum atomic E-state index is -3.04. The van der Waals surface area contributed by atoms with Crippen molar-refractivity contribution in [2.45, 2.75) is 32.1 Å². The molecule has 0 unspecified atom stereocenters. The van der Waals surface area contributed by atoms with Crippen molar-refractivity contribution in [1.82, 2.24) is 9.97 Å². The van der Waals surface area contributed by atoms with Crippen LogP contribution in [0.1, 0.15) is 32.3 Å². The summed E-state index contributed by atoms with van der Waals surface area (Å²) in [6.07, 6.45) is 0.958. The minimum absolute atomic E-state index is 0.0199. The molecule has 1 aromatic rings. The highest BCUT2D eigenvalue weighted by Gasteiger charge is 2.35. The normalized spacial score (nSPS) is 12.9. The number of carbonyl (C=O) groups is 1.